The van der Waals surface area contributed by atoms with Crippen LogP contribution in [0.4, 0.5) is 0 Å². The molecule has 1 aromatic carbocycles. The van der Waals surface area contributed by atoms with Crippen LogP contribution in [0.1, 0.15) is 17.4 Å². The third-order valence-corrected chi connectivity index (χ3v) is 2.82. The molecule has 0 bridgehead atoms. The molecular weight excluding hydrogens is 291 g/mol. The Hall–Kier alpha value is -1.56. The number of amides is 1. The van der Waals surface area contributed by atoms with E-state index in [0.717, 1.165) is 0 Å². The number of benzene rings is 1. The molecule has 0 saturated heterocycles. The van der Waals surface area contributed by atoms with Gasteiger partial charge in [-0.25, -0.2) is 0 Å². The summed E-state index contributed by atoms with van der Waals surface area (Å²) in [6.45, 7) is 0.167. The van der Waals surface area contributed by atoms with Gasteiger partial charge in [0.15, 0.2) is 6.10 Å². The lowest BCUT2D eigenvalue weighted by molar-refractivity contribution is -0.129. The molecule has 0 aliphatic carbocycles. The number of carbonyl (C=O) groups is 1. The molecule has 0 unspecified atom stereocenters. The highest BCUT2D eigenvalue weighted by atomic mass is 35.5. The van der Waals surface area contributed by atoms with Crippen molar-refractivity contribution < 1.29 is 14.4 Å². The van der Waals surface area contributed by atoms with Gasteiger partial charge in [-0.1, -0.05) is 28.4 Å². The first-order valence-corrected chi connectivity index (χ1v) is 6.13. The molecule has 7 heteroatoms. The number of aliphatic hydroxyl groups excluding tert-OH is 1. The van der Waals surface area contributed by atoms with Crippen LogP contribution in [0.5, 0.6) is 0 Å². The first-order valence-electron chi connectivity index (χ1n) is 5.37. The standard InChI is InChI=1S/C12H10Cl2N2O3/c13-8-3-7(4-9(14)5-8)11(17)12(18)15-6-10-1-2-19-16-10/h1-5,11,17H,6H2,(H,15,18)/t11-/m0/s1. The minimum Gasteiger partial charge on any atom is -0.378 e. The normalized spacial score (nSPS) is 12.2. The lowest BCUT2D eigenvalue weighted by atomic mass is 10.1. The molecule has 0 aliphatic rings. The number of rotatable bonds is 4. The van der Waals surface area contributed by atoms with Gasteiger partial charge in [0, 0.05) is 16.1 Å². The predicted octanol–water partition coefficient (Wildman–Crippen LogP) is 2.33. The summed E-state index contributed by atoms with van der Waals surface area (Å²) in [7, 11) is 0. The number of aromatic nitrogens is 1. The molecule has 2 N–H and O–H groups in total. The maximum absolute atomic E-state index is 11.8. The fourth-order valence-electron chi connectivity index (χ4n) is 1.49. The maximum atomic E-state index is 11.8. The van der Waals surface area contributed by atoms with Crippen LogP contribution in [-0.4, -0.2) is 16.2 Å². The highest BCUT2D eigenvalue weighted by Crippen LogP contribution is 2.23. The zero-order valence-corrected chi connectivity index (χ0v) is 11.1. The number of aliphatic hydroxyl groups is 1. The van der Waals surface area contributed by atoms with E-state index in [1.54, 1.807) is 6.07 Å². The molecule has 5 nitrogen and oxygen atoms in total. The largest absolute Gasteiger partial charge is 0.378 e. The molecule has 2 aromatic rings. The van der Waals surface area contributed by atoms with Crippen molar-refractivity contribution in [2.75, 3.05) is 0 Å². The second-order valence-corrected chi connectivity index (χ2v) is 4.69. The Morgan fingerprint density at radius 3 is 2.63 bits per heavy atom. The van der Waals surface area contributed by atoms with Gasteiger partial charge >= 0.3 is 0 Å². The van der Waals surface area contributed by atoms with Gasteiger partial charge < -0.3 is 14.9 Å². The van der Waals surface area contributed by atoms with E-state index < -0.39 is 12.0 Å². The molecule has 0 radical (unpaired) electrons. The number of nitrogens with one attached hydrogen (secondary N) is 1. The van der Waals surface area contributed by atoms with E-state index in [1.807, 2.05) is 0 Å². The van der Waals surface area contributed by atoms with Crippen molar-refractivity contribution in [3.63, 3.8) is 0 Å². The summed E-state index contributed by atoms with van der Waals surface area (Å²) >= 11 is 11.6. The topological polar surface area (TPSA) is 75.4 Å². The molecule has 100 valence electrons. The summed E-state index contributed by atoms with van der Waals surface area (Å²) in [5.74, 6) is -0.568. The van der Waals surface area contributed by atoms with E-state index in [2.05, 4.69) is 15.0 Å². The van der Waals surface area contributed by atoms with Crippen molar-refractivity contribution in [2.45, 2.75) is 12.6 Å². The van der Waals surface area contributed by atoms with E-state index >= 15 is 0 Å². The van der Waals surface area contributed by atoms with Crippen molar-refractivity contribution in [2.24, 2.45) is 0 Å². The van der Waals surface area contributed by atoms with Gasteiger partial charge in [-0.3, -0.25) is 4.79 Å². The SMILES string of the molecule is O=C(NCc1ccon1)[C@@H](O)c1cc(Cl)cc(Cl)c1. The minimum absolute atomic E-state index is 0.167. The quantitative estimate of drug-likeness (QED) is 0.909. The van der Waals surface area contributed by atoms with Crippen LogP contribution in [0.25, 0.3) is 0 Å². The van der Waals surface area contributed by atoms with Crippen LogP contribution in [0.3, 0.4) is 0 Å². The van der Waals surface area contributed by atoms with Crippen LogP contribution in [-0.2, 0) is 11.3 Å². The number of hydrogen-bond acceptors (Lipinski definition) is 4. The Kier molecular flexibility index (Phi) is 4.42. The van der Waals surface area contributed by atoms with Gasteiger partial charge in [-0.05, 0) is 23.8 Å². The third kappa shape index (κ3) is 3.70. The van der Waals surface area contributed by atoms with E-state index in [4.69, 9.17) is 23.2 Å². The molecule has 2 rings (SSSR count). The first-order chi connectivity index (χ1) is 9.06. The van der Waals surface area contributed by atoms with Crippen molar-refractivity contribution in [3.8, 4) is 0 Å². The van der Waals surface area contributed by atoms with Gasteiger partial charge in [-0.15, -0.1) is 0 Å². The Morgan fingerprint density at radius 1 is 1.37 bits per heavy atom. The molecule has 0 saturated carbocycles. The lowest BCUT2D eigenvalue weighted by Gasteiger charge is -2.11. The maximum Gasteiger partial charge on any atom is 0.253 e. The number of hydrogen-bond donors (Lipinski definition) is 2. The number of carbonyl (C=O) groups excluding carboxylic acids is 1. The summed E-state index contributed by atoms with van der Waals surface area (Å²) in [4.78, 5) is 11.8. The Morgan fingerprint density at radius 2 is 2.05 bits per heavy atom. The van der Waals surface area contributed by atoms with Gasteiger partial charge in [0.2, 0.25) is 0 Å². The predicted molar refractivity (Wildman–Crippen MR) is 69.8 cm³/mol. The second kappa shape index (κ2) is 6.06. The van der Waals surface area contributed by atoms with E-state index in [0.29, 0.717) is 21.3 Å². The molecule has 0 spiro atoms. The van der Waals surface area contributed by atoms with Crippen molar-refractivity contribution in [1.82, 2.24) is 10.5 Å². The Labute approximate surface area is 119 Å². The fourth-order valence-corrected chi connectivity index (χ4v) is 2.03. The second-order valence-electron chi connectivity index (χ2n) is 3.81. The fraction of sp³-hybridized carbons (Fsp3) is 0.167. The summed E-state index contributed by atoms with van der Waals surface area (Å²) in [6, 6.07) is 6.09. The third-order valence-electron chi connectivity index (χ3n) is 2.38. The zero-order chi connectivity index (χ0) is 13.8. The molecule has 1 atom stereocenters. The minimum atomic E-state index is -1.34. The molecular formula is C12H10Cl2N2O3. The van der Waals surface area contributed by atoms with Crippen LogP contribution in [0.2, 0.25) is 10.0 Å². The summed E-state index contributed by atoms with van der Waals surface area (Å²) < 4.78 is 4.62. The summed E-state index contributed by atoms with van der Waals surface area (Å²) in [6.07, 6.45) is 0.0531. The van der Waals surface area contributed by atoms with Gasteiger partial charge in [0.1, 0.15) is 12.0 Å². The van der Waals surface area contributed by atoms with Crippen LogP contribution in [0, 0.1) is 0 Å². The van der Waals surface area contributed by atoms with Crippen LogP contribution in [0.15, 0.2) is 35.1 Å². The molecule has 1 aromatic heterocycles. The zero-order valence-electron chi connectivity index (χ0n) is 9.64. The monoisotopic (exact) mass is 300 g/mol. The van der Waals surface area contributed by atoms with Crippen molar-refractivity contribution in [1.29, 1.82) is 0 Å². The number of nitrogens with zero attached hydrogens (tertiary/aromatic N) is 1. The van der Waals surface area contributed by atoms with E-state index in [9.17, 15) is 9.90 Å². The molecule has 1 heterocycles. The molecule has 0 fully saturated rings. The average Bonchev–Trinajstić information content (AvgIpc) is 2.87. The smallest absolute Gasteiger partial charge is 0.253 e. The Balaban J connectivity index is 2.02. The van der Waals surface area contributed by atoms with Crippen molar-refractivity contribution >= 4 is 29.1 Å². The highest BCUT2D eigenvalue weighted by molar-refractivity contribution is 6.34. The molecule has 0 aliphatic heterocycles. The molecule has 1 amide bonds. The summed E-state index contributed by atoms with van der Waals surface area (Å²) in [5.41, 5.74) is 0.889. The Bertz CT molecular complexity index is 552. The van der Waals surface area contributed by atoms with Crippen molar-refractivity contribution in [3.05, 3.63) is 51.8 Å². The first kappa shape index (κ1) is 13.9. The van der Waals surface area contributed by atoms with E-state index in [1.165, 1.54) is 24.5 Å². The average molecular weight is 301 g/mol. The van der Waals surface area contributed by atoms with Gasteiger partial charge in [-0.2, -0.15) is 0 Å². The highest BCUT2D eigenvalue weighted by Gasteiger charge is 2.18. The van der Waals surface area contributed by atoms with Crippen LogP contribution >= 0.6 is 23.2 Å². The van der Waals surface area contributed by atoms with E-state index in [-0.39, 0.29) is 6.54 Å². The summed E-state index contributed by atoms with van der Waals surface area (Å²) in [5, 5.41) is 16.8. The van der Waals surface area contributed by atoms with Gasteiger partial charge in [0.05, 0.1) is 6.54 Å². The van der Waals surface area contributed by atoms with Crippen LogP contribution < -0.4 is 5.32 Å². The number of halogens is 2. The van der Waals surface area contributed by atoms with Gasteiger partial charge in [0.25, 0.3) is 5.91 Å². The lowest BCUT2D eigenvalue weighted by Crippen LogP contribution is -2.28. The molecule has 19 heavy (non-hydrogen) atoms.